The van der Waals surface area contributed by atoms with E-state index in [0.717, 1.165) is 31.1 Å². The van der Waals surface area contributed by atoms with Gasteiger partial charge in [0.1, 0.15) is 11.9 Å². The summed E-state index contributed by atoms with van der Waals surface area (Å²) in [4.78, 5) is 6.01. The number of rotatable bonds is 2. The third-order valence-corrected chi connectivity index (χ3v) is 3.81. The molecule has 3 nitrogen and oxygen atoms in total. The molecule has 104 valence electrons. The summed E-state index contributed by atoms with van der Waals surface area (Å²) in [6.45, 7) is 1.06. The van der Waals surface area contributed by atoms with Gasteiger partial charge in [0, 0.05) is 31.0 Å². The average Bonchev–Trinajstić information content (AvgIpc) is 2.46. The van der Waals surface area contributed by atoms with Crippen molar-refractivity contribution in [2.75, 3.05) is 18.5 Å². The van der Waals surface area contributed by atoms with Gasteiger partial charge in [-0.3, -0.25) is 4.98 Å². The number of hydrogen-bond acceptors (Lipinski definition) is 3. The Morgan fingerprint density at radius 2 is 2.10 bits per heavy atom. The van der Waals surface area contributed by atoms with Crippen LogP contribution in [0, 0.1) is 5.82 Å². The van der Waals surface area contributed by atoms with Gasteiger partial charge in [0.15, 0.2) is 0 Å². The van der Waals surface area contributed by atoms with Gasteiger partial charge in [-0.2, -0.15) is 0 Å². The number of nitrogens with zero attached hydrogens (tertiary/aromatic N) is 2. The predicted molar refractivity (Wildman–Crippen MR) is 76.3 cm³/mol. The van der Waals surface area contributed by atoms with Gasteiger partial charge in [0.25, 0.3) is 0 Å². The normalized spacial score (nSPS) is 15.8. The predicted octanol–water partition coefficient (Wildman–Crippen LogP) is 2.68. The SMILES string of the molecule is CN1CCCc2cc(C(O)c3cncc(F)c3)ccc21. The van der Waals surface area contributed by atoms with Gasteiger partial charge in [-0.05, 0) is 36.1 Å². The number of aryl methyl sites for hydroxylation is 1. The second-order valence-electron chi connectivity index (χ2n) is 5.25. The molecule has 20 heavy (non-hydrogen) atoms. The molecule has 0 amide bonds. The largest absolute Gasteiger partial charge is 0.384 e. The highest BCUT2D eigenvalue weighted by molar-refractivity contribution is 5.56. The highest BCUT2D eigenvalue weighted by Crippen LogP contribution is 2.30. The van der Waals surface area contributed by atoms with Crippen LogP contribution in [0.25, 0.3) is 0 Å². The molecule has 1 aliphatic rings. The Morgan fingerprint density at radius 3 is 2.90 bits per heavy atom. The number of pyridine rings is 1. The first-order chi connectivity index (χ1) is 9.65. The number of fused-ring (bicyclic) bond motifs is 1. The van der Waals surface area contributed by atoms with E-state index in [0.29, 0.717) is 5.56 Å². The van der Waals surface area contributed by atoms with Crippen molar-refractivity contribution in [3.05, 3.63) is 59.2 Å². The number of hydrogen-bond donors (Lipinski definition) is 1. The van der Waals surface area contributed by atoms with Crippen LogP contribution in [0.2, 0.25) is 0 Å². The van der Waals surface area contributed by atoms with E-state index < -0.39 is 11.9 Å². The van der Waals surface area contributed by atoms with Gasteiger partial charge < -0.3 is 10.0 Å². The monoisotopic (exact) mass is 272 g/mol. The standard InChI is InChI=1S/C16H17FN2O/c1-19-6-2-3-11-7-12(4-5-15(11)19)16(20)13-8-14(17)10-18-9-13/h4-5,7-10,16,20H,2-3,6H2,1H3. The first-order valence-electron chi connectivity index (χ1n) is 6.77. The molecule has 1 N–H and O–H groups in total. The van der Waals surface area contributed by atoms with Crippen LogP contribution in [0.5, 0.6) is 0 Å². The Kier molecular flexibility index (Phi) is 3.40. The van der Waals surface area contributed by atoms with Crippen LogP contribution in [-0.4, -0.2) is 23.7 Å². The summed E-state index contributed by atoms with van der Waals surface area (Å²) in [5.74, 6) is -0.431. The number of anilines is 1. The highest BCUT2D eigenvalue weighted by atomic mass is 19.1. The summed E-state index contributed by atoms with van der Waals surface area (Å²) in [6.07, 6.45) is 3.93. The maximum atomic E-state index is 13.2. The maximum Gasteiger partial charge on any atom is 0.141 e. The number of aromatic nitrogens is 1. The zero-order chi connectivity index (χ0) is 14.1. The fourth-order valence-electron chi connectivity index (χ4n) is 2.75. The average molecular weight is 272 g/mol. The van der Waals surface area contributed by atoms with Crippen LogP contribution in [-0.2, 0) is 6.42 Å². The van der Waals surface area contributed by atoms with Crippen molar-refractivity contribution in [1.82, 2.24) is 4.98 Å². The fraction of sp³-hybridized carbons (Fsp3) is 0.312. The van der Waals surface area contributed by atoms with E-state index >= 15 is 0 Å². The van der Waals surface area contributed by atoms with Crippen molar-refractivity contribution >= 4 is 5.69 Å². The Morgan fingerprint density at radius 1 is 1.25 bits per heavy atom. The van der Waals surface area contributed by atoms with Crippen molar-refractivity contribution in [3.8, 4) is 0 Å². The van der Waals surface area contributed by atoms with E-state index in [1.807, 2.05) is 18.2 Å². The van der Waals surface area contributed by atoms with Crippen LogP contribution in [0.1, 0.15) is 29.2 Å². The Labute approximate surface area is 117 Å². The second kappa shape index (κ2) is 5.21. The number of aliphatic hydroxyl groups excluding tert-OH is 1. The molecular weight excluding hydrogens is 255 g/mol. The number of halogens is 1. The minimum atomic E-state index is -0.837. The highest BCUT2D eigenvalue weighted by Gasteiger charge is 2.17. The molecule has 1 aliphatic heterocycles. The summed E-state index contributed by atoms with van der Waals surface area (Å²) in [6, 6.07) is 7.26. The third kappa shape index (κ3) is 2.39. The quantitative estimate of drug-likeness (QED) is 0.913. The molecule has 2 aromatic rings. The molecule has 1 aromatic heterocycles. The molecule has 0 radical (unpaired) electrons. The lowest BCUT2D eigenvalue weighted by Gasteiger charge is -2.28. The Hall–Kier alpha value is -1.94. The minimum absolute atomic E-state index is 0.431. The molecule has 2 heterocycles. The maximum absolute atomic E-state index is 13.2. The molecule has 0 saturated carbocycles. The lowest BCUT2D eigenvalue weighted by Crippen LogP contribution is -2.24. The van der Waals surface area contributed by atoms with Crippen molar-refractivity contribution in [2.24, 2.45) is 0 Å². The molecule has 1 unspecified atom stereocenters. The molecule has 0 saturated heterocycles. The van der Waals surface area contributed by atoms with E-state index in [2.05, 4.69) is 16.9 Å². The number of benzene rings is 1. The molecule has 3 rings (SSSR count). The van der Waals surface area contributed by atoms with Crippen LogP contribution >= 0.6 is 0 Å². The van der Waals surface area contributed by atoms with Crippen molar-refractivity contribution in [3.63, 3.8) is 0 Å². The van der Waals surface area contributed by atoms with Crippen molar-refractivity contribution < 1.29 is 9.50 Å². The molecule has 1 aromatic carbocycles. The van der Waals surface area contributed by atoms with E-state index in [9.17, 15) is 9.50 Å². The van der Waals surface area contributed by atoms with Gasteiger partial charge in [-0.1, -0.05) is 12.1 Å². The molecule has 0 bridgehead atoms. The van der Waals surface area contributed by atoms with Crippen LogP contribution in [0.15, 0.2) is 36.7 Å². The van der Waals surface area contributed by atoms with Gasteiger partial charge in [-0.25, -0.2) is 4.39 Å². The molecular formula is C16H17FN2O. The lowest BCUT2D eigenvalue weighted by atomic mass is 9.95. The third-order valence-electron chi connectivity index (χ3n) is 3.81. The van der Waals surface area contributed by atoms with Gasteiger partial charge in [-0.15, -0.1) is 0 Å². The van der Waals surface area contributed by atoms with Gasteiger partial charge in [0.05, 0.1) is 6.20 Å². The molecule has 1 atom stereocenters. The lowest BCUT2D eigenvalue weighted by molar-refractivity contribution is 0.219. The first-order valence-corrected chi connectivity index (χ1v) is 6.77. The van der Waals surface area contributed by atoms with Crippen LogP contribution in [0.3, 0.4) is 0 Å². The zero-order valence-electron chi connectivity index (χ0n) is 11.4. The van der Waals surface area contributed by atoms with Gasteiger partial charge >= 0.3 is 0 Å². The summed E-state index contributed by atoms with van der Waals surface area (Å²) in [5.41, 5.74) is 3.71. The van der Waals surface area contributed by atoms with E-state index in [1.165, 1.54) is 23.5 Å². The smallest absolute Gasteiger partial charge is 0.141 e. The van der Waals surface area contributed by atoms with E-state index in [4.69, 9.17) is 0 Å². The van der Waals surface area contributed by atoms with Crippen molar-refractivity contribution in [2.45, 2.75) is 18.9 Å². The van der Waals surface area contributed by atoms with Crippen molar-refractivity contribution in [1.29, 1.82) is 0 Å². The van der Waals surface area contributed by atoms with E-state index in [-0.39, 0.29) is 0 Å². The second-order valence-corrected chi connectivity index (χ2v) is 5.25. The topological polar surface area (TPSA) is 36.4 Å². The Balaban J connectivity index is 1.94. The number of aliphatic hydroxyl groups is 1. The van der Waals surface area contributed by atoms with Crippen LogP contribution < -0.4 is 4.90 Å². The molecule has 4 heteroatoms. The van der Waals surface area contributed by atoms with Crippen LogP contribution in [0.4, 0.5) is 10.1 Å². The fourth-order valence-corrected chi connectivity index (χ4v) is 2.75. The Bertz CT molecular complexity index is 630. The molecule has 0 spiro atoms. The summed E-state index contributed by atoms with van der Waals surface area (Å²) < 4.78 is 13.2. The molecule has 0 fully saturated rings. The minimum Gasteiger partial charge on any atom is -0.384 e. The summed E-state index contributed by atoms with van der Waals surface area (Å²) >= 11 is 0. The van der Waals surface area contributed by atoms with E-state index in [1.54, 1.807) is 0 Å². The summed E-state index contributed by atoms with van der Waals surface area (Å²) in [5, 5.41) is 10.4. The van der Waals surface area contributed by atoms with Gasteiger partial charge in [0.2, 0.25) is 0 Å². The first kappa shape index (κ1) is 13.1. The zero-order valence-corrected chi connectivity index (χ0v) is 11.4. The molecule has 0 aliphatic carbocycles. The summed E-state index contributed by atoms with van der Waals surface area (Å²) in [7, 11) is 2.07.